The summed E-state index contributed by atoms with van der Waals surface area (Å²) < 4.78 is 18.8. The molecule has 1 aliphatic rings. The molecular weight excluding hydrogens is 241 g/mol. The highest BCUT2D eigenvalue weighted by Gasteiger charge is 2.29. The second-order valence-corrected chi connectivity index (χ2v) is 4.86. The molecule has 2 heterocycles. The lowest BCUT2D eigenvalue weighted by Gasteiger charge is -2.28. The van der Waals surface area contributed by atoms with Gasteiger partial charge < -0.3 is 9.84 Å². The number of aromatic nitrogens is 1. The maximum atomic E-state index is 13.1. The quantitative estimate of drug-likeness (QED) is 0.847. The highest BCUT2D eigenvalue weighted by molar-refractivity contribution is 7.09. The Morgan fingerprint density at radius 1 is 1.47 bits per heavy atom. The third kappa shape index (κ3) is 1.92. The van der Waals surface area contributed by atoms with Crippen LogP contribution in [-0.4, -0.2) is 10.1 Å². The lowest BCUT2D eigenvalue weighted by Crippen LogP contribution is -2.18. The van der Waals surface area contributed by atoms with Crippen molar-refractivity contribution in [2.45, 2.75) is 18.6 Å². The van der Waals surface area contributed by atoms with Crippen molar-refractivity contribution in [3.63, 3.8) is 0 Å². The minimum Gasteiger partial charge on any atom is -0.484 e. The Morgan fingerprint density at radius 3 is 3.12 bits per heavy atom. The molecule has 0 saturated heterocycles. The smallest absolute Gasteiger partial charge is 0.137 e. The normalized spacial score (nSPS) is 22.9. The molecule has 1 aromatic carbocycles. The minimum atomic E-state index is -0.619. The van der Waals surface area contributed by atoms with Crippen molar-refractivity contribution in [3.8, 4) is 5.75 Å². The lowest BCUT2D eigenvalue weighted by molar-refractivity contribution is 0.0670. The van der Waals surface area contributed by atoms with Gasteiger partial charge in [0.05, 0.1) is 16.5 Å². The molecule has 0 spiro atoms. The zero-order valence-corrected chi connectivity index (χ0v) is 9.65. The first-order chi connectivity index (χ1) is 8.24. The molecule has 3 nitrogen and oxygen atoms in total. The summed E-state index contributed by atoms with van der Waals surface area (Å²) >= 11 is 1.47. The maximum absolute atomic E-state index is 13.1. The molecule has 1 unspecified atom stereocenters. The molecule has 2 aromatic rings. The number of halogens is 1. The number of hydrogen-bond donors (Lipinski definition) is 1. The van der Waals surface area contributed by atoms with Gasteiger partial charge in [0.2, 0.25) is 0 Å². The fourth-order valence-corrected chi connectivity index (χ4v) is 2.64. The molecule has 5 heteroatoms. The number of aliphatic hydroxyl groups excluding tert-OH is 1. The minimum absolute atomic E-state index is 0.244. The number of ether oxygens (including phenoxy) is 1. The van der Waals surface area contributed by atoms with Crippen LogP contribution < -0.4 is 4.74 Å². The first-order valence-electron chi connectivity index (χ1n) is 5.26. The zero-order valence-electron chi connectivity index (χ0n) is 8.84. The van der Waals surface area contributed by atoms with Gasteiger partial charge in [-0.15, -0.1) is 11.3 Å². The summed E-state index contributed by atoms with van der Waals surface area (Å²) in [7, 11) is 0. The van der Waals surface area contributed by atoms with Gasteiger partial charge in [-0.1, -0.05) is 0 Å². The molecular formula is C12H10FNO2S. The Kier molecular flexibility index (Phi) is 2.57. The average Bonchev–Trinajstić information content (AvgIpc) is 2.81. The van der Waals surface area contributed by atoms with Gasteiger partial charge in [0.25, 0.3) is 0 Å². The van der Waals surface area contributed by atoms with Crippen LogP contribution in [0.15, 0.2) is 29.9 Å². The predicted octanol–water partition coefficient (Wildman–Crippen LogP) is 2.84. The maximum Gasteiger partial charge on any atom is 0.137 e. The van der Waals surface area contributed by atoms with E-state index in [1.165, 1.54) is 23.5 Å². The number of aliphatic hydroxyl groups is 1. The van der Waals surface area contributed by atoms with Gasteiger partial charge in [-0.2, -0.15) is 0 Å². The van der Waals surface area contributed by atoms with Crippen LogP contribution in [0.25, 0.3) is 0 Å². The van der Waals surface area contributed by atoms with Gasteiger partial charge >= 0.3 is 0 Å². The van der Waals surface area contributed by atoms with Crippen LogP contribution in [0, 0.1) is 5.82 Å². The molecule has 3 rings (SSSR count). The SMILES string of the molecule is O[C@H]1CC(c2cncs2)Oc2cc(F)ccc21. The number of rotatable bonds is 1. The number of fused-ring (bicyclic) bond motifs is 1. The number of nitrogens with zero attached hydrogens (tertiary/aromatic N) is 1. The fraction of sp³-hybridized carbons (Fsp3) is 0.250. The van der Waals surface area contributed by atoms with Crippen LogP contribution in [0.2, 0.25) is 0 Å². The lowest BCUT2D eigenvalue weighted by atomic mass is 9.98. The molecule has 0 fully saturated rings. The Morgan fingerprint density at radius 2 is 2.35 bits per heavy atom. The highest BCUT2D eigenvalue weighted by atomic mass is 32.1. The molecule has 1 aliphatic heterocycles. The Bertz CT molecular complexity index is 529. The van der Waals surface area contributed by atoms with Gasteiger partial charge in [0, 0.05) is 24.2 Å². The molecule has 0 amide bonds. The van der Waals surface area contributed by atoms with Crippen molar-refractivity contribution in [3.05, 3.63) is 46.2 Å². The number of thiazole rings is 1. The molecule has 2 atom stereocenters. The van der Waals surface area contributed by atoms with E-state index in [1.54, 1.807) is 17.8 Å². The fourth-order valence-electron chi connectivity index (χ4n) is 1.98. The van der Waals surface area contributed by atoms with E-state index in [9.17, 15) is 9.50 Å². The van der Waals surface area contributed by atoms with Gasteiger partial charge in [-0.05, 0) is 12.1 Å². The molecule has 1 N–H and O–H groups in total. The molecule has 0 saturated carbocycles. The molecule has 0 radical (unpaired) electrons. The molecule has 17 heavy (non-hydrogen) atoms. The van der Waals surface area contributed by atoms with Crippen molar-refractivity contribution in [1.82, 2.24) is 4.98 Å². The van der Waals surface area contributed by atoms with E-state index < -0.39 is 6.10 Å². The van der Waals surface area contributed by atoms with Crippen LogP contribution in [0.1, 0.15) is 29.1 Å². The van der Waals surface area contributed by atoms with E-state index >= 15 is 0 Å². The highest BCUT2D eigenvalue weighted by Crippen LogP contribution is 2.41. The second-order valence-electron chi connectivity index (χ2n) is 3.94. The van der Waals surface area contributed by atoms with Gasteiger partial charge in [0.1, 0.15) is 17.7 Å². The first-order valence-corrected chi connectivity index (χ1v) is 6.14. The first kappa shape index (κ1) is 10.7. The summed E-state index contributed by atoms with van der Waals surface area (Å²) in [5.41, 5.74) is 2.36. The van der Waals surface area contributed by atoms with Crippen molar-refractivity contribution >= 4 is 11.3 Å². The standard InChI is InChI=1S/C12H10FNO2S/c13-7-1-2-8-9(15)4-11(16-10(8)3-7)12-5-14-6-17-12/h1-3,5-6,9,11,15H,4H2/t9-,11?/m0/s1. The van der Waals surface area contributed by atoms with E-state index in [4.69, 9.17) is 4.74 Å². The predicted molar refractivity (Wildman–Crippen MR) is 61.5 cm³/mol. The van der Waals surface area contributed by atoms with Gasteiger partial charge in [0.15, 0.2) is 0 Å². The van der Waals surface area contributed by atoms with Crippen LogP contribution in [0.3, 0.4) is 0 Å². The third-order valence-electron chi connectivity index (χ3n) is 2.81. The van der Waals surface area contributed by atoms with E-state index in [0.717, 1.165) is 4.88 Å². The van der Waals surface area contributed by atoms with Crippen molar-refractivity contribution < 1.29 is 14.2 Å². The largest absolute Gasteiger partial charge is 0.484 e. The Labute approximate surface area is 102 Å². The molecule has 0 bridgehead atoms. The third-order valence-corrected chi connectivity index (χ3v) is 3.68. The zero-order chi connectivity index (χ0) is 11.8. The van der Waals surface area contributed by atoms with Gasteiger partial charge in [-0.25, -0.2) is 4.39 Å². The number of hydrogen-bond acceptors (Lipinski definition) is 4. The van der Waals surface area contributed by atoms with Crippen molar-refractivity contribution in [2.75, 3.05) is 0 Å². The van der Waals surface area contributed by atoms with E-state index in [-0.39, 0.29) is 11.9 Å². The van der Waals surface area contributed by atoms with Crippen LogP contribution in [0.4, 0.5) is 4.39 Å². The molecule has 1 aromatic heterocycles. The van der Waals surface area contributed by atoms with E-state index in [2.05, 4.69) is 4.98 Å². The summed E-state index contributed by atoms with van der Waals surface area (Å²) in [6.45, 7) is 0. The van der Waals surface area contributed by atoms with E-state index in [1.807, 2.05) is 0 Å². The summed E-state index contributed by atoms with van der Waals surface area (Å²) in [6.07, 6.45) is 1.32. The van der Waals surface area contributed by atoms with Crippen molar-refractivity contribution in [1.29, 1.82) is 0 Å². The number of benzene rings is 1. The van der Waals surface area contributed by atoms with Crippen LogP contribution >= 0.6 is 11.3 Å². The second kappa shape index (κ2) is 4.09. The molecule has 0 aliphatic carbocycles. The Hall–Kier alpha value is -1.46. The Balaban J connectivity index is 1.97. The summed E-state index contributed by atoms with van der Waals surface area (Å²) in [6, 6.07) is 4.21. The summed E-state index contributed by atoms with van der Waals surface area (Å²) in [5.74, 6) is 0.0584. The topological polar surface area (TPSA) is 42.4 Å². The summed E-state index contributed by atoms with van der Waals surface area (Å²) in [4.78, 5) is 4.92. The van der Waals surface area contributed by atoms with Crippen LogP contribution in [0.5, 0.6) is 5.75 Å². The monoisotopic (exact) mass is 251 g/mol. The summed E-state index contributed by atoms with van der Waals surface area (Å²) in [5, 5.41) is 10.0. The van der Waals surface area contributed by atoms with E-state index in [0.29, 0.717) is 17.7 Å². The van der Waals surface area contributed by atoms with Crippen molar-refractivity contribution in [2.24, 2.45) is 0 Å². The van der Waals surface area contributed by atoms with Crippen LogP contribution in [-0.2, 0) is 0 Å². The van der Waals surface area contributed by atoms with Gasteiger partial charge in [-0.3, -0.25) is 4.98 Å². The average molecular weight is 251 g/mol. The molecule has 88 valence electrons.